The lowest BCUT2D eigenvalue weighted by Gasteiger charge is -2.19. The second-order valence-corrected chi connectivity index (χ2v) is 7.17. The molecule has 1 unspecified atom stereocenters. The molecule has 142 valence electrons. The summed E-state index contributed by atoms with van der Waals surface area (Å²) in [4.78, 5) is 0. The monoisotopic (exact) mass is 380 g/mol. The number of H-pyrrole nitrogens is 2. The molecule has 5 rings (SSSR count). The fourth-order valence-electron chi connectivity index (χ4n) is 3.73. The molecule has 6 nitrogen and oxygen atoms in total. The Morgan fingerprint density at radius 3 is 1.83 bits per heavy atom. The number of nitrogens with zero attached hydrogens (tertiary/aromatic N) is 4. The first-order valence-electron chi connectivity index (χ1n) is 9.66. The van der Waals surface area contributed by atoms with E-state index in [1.165, 1.54) is 0 Å². The highest BCUT2D eigenvalue weighted by molar-refractivity contribution is 5.91. The third-order valence-corrected chi connectivity index (χ3v) is 5.27. The van der Waals surface area contributed by atoms with Gasteiger partial charge in [-0.05, 0) is 24.0 Å². The van der Waals surface area contributed by atoms with Gasteiger partial charge in [0.15, 0.2) is 0 Å². The summed E-state index contributed by atoms with van der Waals surface area (Å²) >= 11 is 0. The van der Waals surface area contributed by atoms with Crippen LogP contribution in [0.5, 0.6) is 0 Å². The summed E-state index contributed by atoms with van der Waals surface area (Å²) in [5.41, 5.74) is 7.75. The van der Waals surface area contributed by atoms with E-state index in [1.54, 1.807) is 0 Å². The minimum absolute atomic E-state index is 0.332. The van der Waals surface area contributed by atoms with Gasteiger partial charge < -0.3 is 0 Å². The van der Waals surface area contributed by atoms with Crippen LogP contribution in [-0.4, -0.2) is 30.8 Å². The van der Waals surface area contributed by atoms with E-state index in [1.807, 2.05) is 48.5 Å². The molecule has 1 aliphatic carbocycles. The summed E-state index contributed by atoms with van der Waals surface area (Å²) in [6.07, 6.45) is 5.30. The number of hydrogen-bond donors (Lipinski definition) is 2. The van der Waals surface area contributed by atoms with E-state index < -0.39 is 0 Å². The highest BCUT2D eigenvalue weighted by Crippen LogP contribution is 2.38. The fraction of sp³-hybridized carbons (Fsp3) is 0.130. The van der Waals surface area contributed by atoms with Crippen LogP contribution >= 0.6 is 0 Å². The van der Waals surface area contributed by atoms with Gasteiger partial charge in [0.1, 0.15) is 22.8 Å². The minimum Gasteiger partial charge on any atom is -0.197 e. The third kappa shape index (κ3) is 3.18. The zero-order valence-electron chi connectivity index (χ0n) is 16.0. The van der Waals surface area contributed by atoms with Crippen LogP contribution in [0.2, 0.25) is 0 Å². The van der Waals surface area contributed by atoms with Crippen molar-refractivity contribution in [1.29, 1.82) is 0 Å². The van der Waals surface area contributed by atoms with Gasteiger partial charge in [0.05, 0.1) is 0 Å². The first-order valence-corrected chi connectivity index (χ1v) is 9.66. The van der Waals surface area contributed by atoms with E-state index in [4.69, 9.17) is 0 Å². The molecule has 0 bridgehead atoms. The Balaban J connectivity index is 1.57. The molecule has 2 heterocycles. The Labute approximate surface area is 168 Å². The molecule has 0 spiro atoms. The Morgan fingerprint density at radius 2 is 1.21 bits per heavy atom. The van der Waals surface area contributed by atoms with Crippen LogP contribution in [0.15, 0.2) is 72.8 Å². The summed E-state index contributed by atoms with van der Waals surface area (Å²) < 4.78 is 0. The van der Waals surface area contributed by atoms with Gasteiger partial charge >= 0.3 is 0 Å². The molecule has 6 heteroatoms. The van der Waals surface area contributed by atoms with Gasteiger partial charge in [-0.15, -0.1) is 0 Å². The standard InChI is InChI=1S/C23H20N6/c1-15-12-13-18(22-20(24-28-26-22)16-8-4-2-5-9-16)14-19(15)23-21(25-29-27-23)17-10-6-3-7-11-17/h2-11,13-15H,12H2,1H3,(H,24,26,28)(H,25,27,29). The van der Waals surface area contributed by atoms with E-state index >= 15 is 0 Å². The quantitative estimate of drug-likeness (QED) is 0.534. The van der Waals surface area contributed by atoms with E-state index in [-0.39, 0.29) is 0 Å². The maximum absolute atomic E-state index is 4.49. The van der Waals surface area contributed by atoms with Crippen molar-refractivity contribution in [2.75, 3.05) is 0 Å². The van der Waals surface area contributed by atoms with Gasteiger partial charge in [-0.2, -0.15) is 30.8 Å². The van der Waals surface area contributed by atoms with Crippen molar-refractivity contribution >= 4 is 11.1 Å². The smallest absolute Gasteiger partial charge is 0.120 e. The van der Waals surface area contributed by atoms with Gasteiger partial charge in [-0.1, -0.05) is 73.7 Å². The van der Waals surface area contributed by atoms with Gasteiger partial charge in [0.25, 0.3) is 0 Å². The van der Waals surface area contributed by atoms with E-state index in [0.29, 0.717) is 5.92 Å². The van der Waals surface area contributed by atoms with Crippen LogP contribution in [0, 0.1) is 5.92 Å². The Kier molecular flexibility index (Phi) is 4.37. The number of rotatable bonds is 4. The SMILES string of the molecule is CC1CC=C(c2n[nH]nc2-c2ccccc2)C=C1c1n[nH]nc1-c1ccccc1. The molecule has 0 saturated heterocycles. The molecule has 0 fully saturated rings. The molecule has 2 aromatic heterocycles. The van der Waals surface area contributed by atoms with Gasteiger partial charge in [0.2, 0.25) is 0 Å². The Morgan fingerprint density at radius 1 is 0.690 bits per heavy atom. The van der Waals surface area contributed by atoms with Gasteiger partial charge in [0, 0.05) is 16.7 Å². The number of nitrogens with one attached hydrogen (secondary N) is 2. The summed E-state index contributed by atoms with van der Waals surface area (Å²) in [7, 11) is 0. The first kappa shape index (κ1) is 17.3. The van der Waals surface area contributed by atoms with Crippen LogP contribution < -0.4 is 0 Å². The van der Waals surface area contributed by atoms with Crippen molar-refractivity contribution in [2.24, 2.45) is 5.92 Å². The molecule has 4 aromatic rings. The minimum atomic E-state index is 0.332. The van der Waals surface area contributed by atoms with Crippen molar-refractivity contribution in [1.82, 2.24) is 30.8 Å². The second-order valence-electron chi connectivity index (χ2n) is 7.17. The number of aromatic amines is 2. The topological polar surface area (TPSA) is 83.1 Å². The zero-order chi connectivity index (χ0) is 19.6. The predicted molar refractivity (Wildman–Crippen MR) is 113 cm³/mol. The average Bonchev–Trinajstić information content (AvgIpc) is 3.45. The lowest BCUT2D eigenvalue weighted by molar-refractivity contribution is 0.754. The van der Waals surface area contributed by atoms with E-state index in [2.05, 4.69) is 62.0 Å². The Hall–Kier alpha value is -3.80. The number of allylic oxidation sites excluding steroid dienone is 4. The van der Waals surface area contributed by atoms with Gasteiger partial charge in [-0.3, -0.25) is 0 Å². The molecule has 2 aromatic carbocycles. The molecule has 0 saturated carbocycles. The fourth-order valence-corrected chi connectivity index (χ4v) is 3.73. The molecule has 2 N–H and O–H groups in total. The van der Waals surface area contributed by atoms with E-state index in [0.717, 1.165) is 51.5 Å². The van der Waals surface area contributed by atoms with Crippen molar-refractivity contribution < 1.29 is 0 Å². The predicted octanol–water partition coefficient (Wildman–Crippen LogP) is 4.76. The largest absolute Gasteiger partial charge is 0.197 e. The Bertz CT molecular complexity index is 1180. The van der Waals surface area contributed by atoms with Crippen LogP contribution in [0.1, 0.15) is 24.7 Å². The average molecular weight is 380 g/mol. The molecule has 29 heavy (non-hydrogen) atoms. The highest BCUT2D eigenvalue weighted by atomic mass is 15.3. The van der Waals surface area contributed by atoms with E-state index in [9.17, 15) is 0 Å². The summed E-state index contributed by atoms with van der Waals surface area (Å²) in [6, 6.07) is 20.2. The number of aromatic nitrogens is 6. The molecule has 0 radical (unpaired) electrons. The lowest BCUT2D eigenvalue weighted by Crippen LogP contribution is -2.05. The molecular weight excluding hydrogens is 360 g/mol. The molecule has 1 aliphatic rings. The number of benzene rings is 2. The normalized spacial score (nSPS) is 16.4. The van der Waals surface area contributed by atoms with Crippen molar-refractivity contribution in [2.45, 2.75) is 13.3 Å². The van der Waals surface area contributed by atoms with Crippen LogP contribution in [-0.2, 0) is 0 Å². The second kappa shape index (κ2) is 7.31. The third-order valence-electron chi connectivity index (χ3n) is 5.27. The van der Waals surface area contributed by atoms with Crippen molar-refractivity contribution in [3.8, 4) is 22.5 Å². The van der Waals surface area contributed by atoms with Crippen LogP contribution in [0.4, 0.5) is 0 Å². The summed E-state index contributed by atoms with van der Waals surface area (Å²) in [5.74, 6) is 0.332. The number of hydrogen-bond acceptors (Lipinski definition) is 4. The first-order chi connectivity index (χ1) is 14.3. The summed E-state index contributed by atoms with van der Waals surface area (Å²) in [5, 5.41) is 23.3. The van der Waals surface area contributed by atoms with Crippen LogP contribution in [0.25, 0.3) is 33.7 Å². The summed E-state index contributed by atoms with van der Waals surface area (Å²) in [6.45, 7) is 2.21. The maximum Gasteiger partial charge on any atom is 0.120 e. The molecule has 0 amide bonds. The molecular formula is C23H20N6. The van der Waals surface area contributed by atoms with Crippen molar-refractivity contribution in [3.05, 3.63) is 84.2 Å². The van der Waals surface area contributed by atoms with Crippen LogP contribution in [0.3, 0.4) is 0 Å². The lowest BCUT2D eigenvalue weighted by atomic mass is 9.85. The van der Waals surface area contributed by atoms with Gasteiger partial charge in [-0.25, -0.2) is 0 Å². The molecule has 1 atom stereocenters. The molecule has 0 aliphatic heterocycles. The maximum atomic E-state index is 4.49. The highest BCUT2D eigenvalue weighted by Gasteiger charge is 2.24. The van der Waals surface area contributed by atoms with Crippen molar-refractivity contribution in [3.63, 3.8) is 0 Å². The zero-order valence-corrected chi connectivity index (χ0v) is 16.0.